The molecular weight excluding hydrogens is 269 g/mol. The Morgan fingerprint density at radius 2 is 2.29 bits per heavy atom. The highest BCUT2D eigenvalue weighted by Crippen LogP contribution is 2.28. The third kappa shape index (κ3) is 1.89. The molecule has 0 radical (unpaired) electrons. The Bertz CT molecular complexity index is 426. The van der Waals surface area contributed by atoms with Gasteiger partial charge in [-0.2, -0.15) is 5.26 Å². The Morgan fingerprint density at radius 1 is 1.64 bits per heavy atom. The van der Waals surface area contributed by atoms with Crippen LogP contribution in [0.3, 0.4) is 0 Å². The van der Waals surface area contributed by atoms with E-state index in [4.69, 9.17) is 16.9 Å². The standard InChI is InChI=1S/C9H5BrClNO2/c1-14-9(13)5-2-3-7(11)8(10)6(5)4-12/h2-3H,1H3. The molecule has 0 spiro atoms. The van der Waals surface area contributed by atoms with Gasteiger partial charge in [-0.3, -0.25) is 0 Å². The first kappa shape index (κ1) is 11.0. The quantitative estimate of drug-likeness (QED) is 0.740. The minimum atomic E-state index is -0.557. The summed E-state index contributed by atoms with van der Waals surface area (Å²) in [7, 11) is 1.26. The summed E-state index contributed by atoms with van der Waals surface area (Å²) < 4.78 is 4.93. The van der Waals surface area contributed by atoms with Crippen LogP contribution in [0.25, 0.3) is 0 Å². The normalized spacial score (nSPS) is 9.29. The number of carbonyl (C=O) groups is 1. The van der Waals surface area contributed by atoms with Crippen molar-refractivity contribution in [2.45, 2.75) is 0 Å². The molecular formula is C9H5BrClNO2. The van der Waals surface area contributed by atoms with Crippen molar-refractivity contribution >= 4 is 33.5 Å². The van der Waals surface area contributed by atoms with Crippen molar-refractivity contribution in [1.82, 2.24) is 0 Å². The predicted molar refractivity (Wildman–Crippen MR) is 55.2 cm³/mol. The molecule has 1 aromatic rings. The van der Waals surface area contributed by atoms with Gasteiger partial charge in [-0.05, 0) is 28.1 Å². The number of carbonyl (C=O) groups excluding carboxylic acids is 1. The molecule has 0 N–H and O–H groups in total. The van der Waals surface area contributed by atoms with Crippen LogP contribution in [0.2, 0.25) is 5.02 Å². The molecule has 0 atom stereocenters. The molecule has 14 heavy (non-hydrogen) atoms. The van der Waals surface area contributed by atoms with Crippen LogP contribution in [0.5, 0.6) is 0 Å². The van der Waals surface area contributed by atoms with Gasteiger partial charge >= 0.3 is 5.97 Å². The summed E-state index contributed by atoms with van der Waals surface area (Å²) in [4.78, 5) is 11.2. The number of hydrogen-bond donors (Lipinski definition) is 0. The molecule has 0 unspecified atom stereocenters. The van der Waals surface area contributed by atoms with Crippen molar-refractivity contribution in [2.75, 3.05) is 7.11 Å². The second kappa shape index (κ2) is 4.45. The van der Waals surface area contributed by atoms with E-state index in [-0.39, 0.29) is 11.1 Å². The molecule has 0 heterocycles. The summed E-state index contributed by atoms with van der Waals surface area (Å²) in [5, 5.41) is 9.21. The molecule has 72 valence electrons. The van der Waals surface area contributed by atoms with E-state index in [2.05, 4.69) is 20.7 Å². The number of nitriles is 1. The van der Waals surface area contributed by atoms with Gasteiger partial charge in [-0.25, -0.2) is 4.79 Å². The van der Waals surface area contributed by atoms with Crippen LogP contribution < -0.4 is 0 Å². The van der Waals surface area contributed by atoms with E-state index < -0.39 is 5.97 Å². The molecule has 0 saturated carbocycles. The second-order valence-corrected chi connectivity index (χ2v) is 3.59. The molecule has 0 aromatic heterocycles. The summed E-state index contributed by atoms with van der Waals surface area (Å²) in [5.74, 6) is -0.557. The van der Waals surface area contributed by atoms with Crippen LogP contribution in [0.15, 0.2) is 16.6 Å². The van der Waals surface area contributed by atoms with Crippen molar-refractivity contribution in [3.63, 3.8) is 0 Å². The SMILES string of the molecule is COC(=O)c1ccc(Cl)c(Br)c1C#N. The molecule has 0 aliphatic heterocycles. The van der Waals surface area contributed by atoms with Gasteiger partial charge in [-0.15, -0.1) is 0 Å². The fourth-order valence-electron chi connectivity index (χ4n) is 0.940. The third-order valence-corrected chi connectivity index (χ3v) is 2.98. The van der Waals surface area contributed by atoms with Crippen LogP contribution >= 0.6 is 27.5 Å². The zero-order valence-corrected chi connectivity index (χ0v) is 9.52. The zero-order valence-electron chi connectivity index (χ0n) is 7.17. The number of nitrogens with zero attached hydrogens (tertiary/aromatic N) is 1. The average Bonchev–Trinajstić information content (AvgIpc) is 2.20. The van der Waals surface area contributed by atoms with Crippen LogP contribution in [-0.4, -0.2) is 13.1 Å². The Hall–Kier alpha value is -1.05. The van der Waals surface area contributed by atoms with Crippen LogP contribution in [0, 0.1) is 11.3 Å². The maximum atomic E-state index is 11.2. The Kier molecular flexibility index (Phi) is 3.50. The smallest absolute Gasteiger partial charge is 0.339 e. The summed E-state index contributed by atoms with van der Waals surface area (Å²) in [6, 6.07) is 4.87. The van der Waals surface area contributed by atoms with Gasteiger partial charge in [0.1, 0.15) is 6.07 Å². The van der Waals surface area contributed by atoms with E-state index in [0.29, 0.717) is 9.50 Å². The van der Waals surface area contributed by atoms with Gasteiger partial charge in [0.15, 0.2) is 0 Å². The van der Waals surface area contributed by atoms with Gasteiger partial charge in [0, 0.05) is 0 Å². The predicted octanol–water partition coefficient (Wildman–Crippen LogP) is 2.76. The summed E-state index contributed by atoms with van der Waals surface area (Å²) in [5.41, 5.74) is 0.385. The molecule has 0 bridgehead atoms. The monoisotopic (exact) mass is 273 g/mol. The maximum absolute atomic E-state index is 11.2. The zero-order chi connectivity index (χ0) is 10.7. The number of hydrogen-bond acceptors (Lipinski definition) is 3. The van der Waals surface area contributed by atoms with E-state index in [0.717, 1.165) is 0 Å². The second-order valence-electron chi connectivity index (χ2n) is 2.39. The summed E-state index contributed by atoms with van der Waals surface area (Å²) in [6.07, 6.45) is 0. The topological polar surface area (TPSA) is 50.1 Å². The van der Waals surface area contributed by atoms with Crippen molar-refractivity contribution in [3.8, 4) is 6.07 Å². The molecule has 0 fully saturated rings. The van der Waals surface area contributed by atoms with Crippen LogP contribution in [0.4, 0.5) is 0 Å². The highest BCUT2D eigenvalue weighted by molar-refractivity contribution is 9.10. The van der Waals surface area contributed by atoms with Gasteiger partial charge < -0.3 is 4.74 Å². The molecule has 5 heteroatoms. The van der Waals surface area contributed by atoms with Gasteiger partial charge in [0.05, 0.1) is 27.7 Å². The lowest BCUT2D eigenvalue weighted by Crippen LogP contribution is -2.04. The lowest BCUT2D eigenvalue weighted by Gasteiger charge is -2.04. The Balaban J connectivity index is 3.40. The van der Waals surface area contributed by atoms with Gasteiger partial charge in [0.2, 0.25) is 0 Å². The number of ether oxygens (including phenoxy) is 1. The van der Waals surface area contributed by atoms with E-state index in [1.54, 1.807) is 0 Å². The average molecular weight is 275 g/mol. The molecule has 0 aliphatic rings. The maximum Gasteiger partial charge on any atom is 0.339 e. The first-order valence-electron chi connectivity index (χ1n) is 3.58. The van der Waals surface area contributed by atoms with Crippen molar-refractivity contribution in [1.29, 1.82) is 5.26 Å². The highest BCUT2D eigenvalue weighted by Gasteiger charge is 2.16. The van der Waals surface area contributed by atoms with Gasteiger partial charge in [0.25, 0.3) is 0 Å². The molecule has 0 aliphatic carbocycles. The summed E-state index contributed by atoms with van der Waals surface area (Å²) in [6.45, 7) is 0. The van der Waals surface area contributed by atoms with E-state index >= 15 is 0 Å². The van der Waals surface area contributed by atoms with Crippen molar-refractivity contribution in [2.24, 2.45) is 0 Å². The Morgan fingerprint density at radius 3 is 2.79 bits per heavy atom. The first-order chi connectivity index (χ1) is 6.61. The van der Waals surface area contributed by atoms with Gasteiger partial charge in [-0.1, -0.05) is 11.6 Å². The molecule has 0 amide bonds. The van der Waals surface area contributed by atoms with Crippen LogP contribution in [0.1, 0.15) is 15.9 Å². The highest BCUT2D eigenvalue weighted by atomic mass is 79.9. The summed E-state index contributed by atoms with van der Waals surface area (Å²) >= 11 is 8.89. The number of rotatable bonds is 1. The Labute approximate surface area is 94.4 Å². The van der Waals surface area contributed by atoms with Crippen molar-refractivity contribution < 1.29 is 9.53 Å². The lowest BCUT2D eigenvalue weighted by atomic mass is 10.1. The molecule has 1 rings (SSSR count). The van der Waals surface area contributed by atoms with E-state index in [1.165, 1.54) is 19.2 Å². The van der Waals surface area contributed by atoms with Crippen molar-refractivity contribution in [3.05, 3.63) is 32.8 Å². The molecule has 0 saturated heterocycles. The minimum absolute atomic E-state index is 0.185. The van der Waals surface area contributed by atoms with E-state index in [1.807, 2.05) is 6.07 Å². The minimum Gasteiger partial charge on any atom is -0.465 e. The largest absolute Gasteiger partial charge is 0.465 e. The number of esters is 1. The number of halogens is 2. The molecule has 3 nitrogen and oxygen atoms in total. The number of benzene rings is 1. The third-order valence-electron chi connectivity index (χ3n) is 1.61. The fourth-order valence-corrected chi connectivity index (χ4v) is 1.53. The number of methoxy groups -OCH3 is 1. The van der Waals surface area contributed by atoms with Crippen LogP contribution in [-0.2, 0) is 4.74 Å². The fraction of sp³-hybridized carbons (Fsp3) is 0.111. The lowest BCUT2D eigenvalue weighted by molar-refractivity contribution is 0.0600. The molecule has 1 aromatic carbocycles. The first-order valence-corrected chi connectivity index (χ1v) is 4.75. The van der Waals surface area contributed by atoms with E-state index in [9.17, 15) is 4.79 Å².